The molecule has 1 rings (SSSR count). The van der Waals surface area contributed by atoms with Gasteiger partial charge in [0.15, 0.2) is 0 Å². The highest BCUT2D eigenvalue weighted by molar-refractivity contribution is 4.84. The maximum absolute atomic E-state index is 11.6. The van der Waals surface area contributed by atoms with E-state index in [1.807, 2.05) is 0 Å². The van der Waals surface area contributed by atoms with Gasteiger partial charge >= 0.3 is 11.1 Å². The van der Waals surface area contributed by atoms with Crippen molar-refractivity contribution in [1.82, 2.24) is 14.5 Å². The summed E-state index contributed by atoms with van der Waals surface area (Å²) in [4.78, 5) is 23.0. The van der Waals surface area contributed by atoms with Crippen LogP contribution in [0.25, 0.3) is 0 Å². The molecule has 1 heterocycles. The Bertz CT molecular complexity index is 460. The van der Waals surface area contributed by atoms with Crippen molar-refractivity contribution >= 4 is 0 Å². The third kappa shape index (κ3) is 4.19. The molecule has 0 radical (unpaired) electrons. The lowest BCUT2D eigenvalue weighted by Crippen LogP contribution is -2.39. The average Bonchev–Trinajstić information content (AvgIpc) is 2.28. The molecule has 0 unspecified atom stereocenters. The van der Waals surface area contributed by atoms with Gasteiger partial charge in [-0.3, -0.25) is 9.59 Å². The molecule has 0 spiro atoms. The van der Waals surface area contributed by atoms with Gasteiger partial charge in [-0.2, -0.15) is 0 Å². The molecular weight excluding hydrogens is 218 g/mol. The number of nitrogens with zero attached hydrogens (tertiary/aromatic N) is 2. The molecule has 1 aromatic heterocycles. The molecule has 5 nitrogen and oxygen atoms in total. The Morgan fingerprint density at radius 3 is 2.53 bits per heavy atom. The fourth-order valence-corrected chi connectivity index (χ4v) is 1.56. The van der Waals surface area contributed by atoms with E-state index < -0.39 is 11.1 Å². The Balaban J connectivity index is 2.46. The van der Waals surface area contributed by atoms with Gasteiger partial charge in [0, 0.05) is 32.0 Å². The fourth-order valence-electron chi connectivity index (χ4n) is 1.56. The van der Waals surface area contributed by atoms with E-state index in [1.165, 1.54) is 9.13 Å². The molecule has 0 aromatic carbocycles. The number of rotatable bonds is 6. The number of aromatic nitrogens is 2. The molecule has 5 heteroatoms. The van der Waals surface area contributed by atoms with Crippen LogP contribution in [-0.4, -0.2) is 21.7 Å². The highest BCUT2D eigenvalue weighted by Crippen LogP contribution is 1.91. The van der Waals surface area contributed by atoms with E-state index in [2.05, 4.69) is 19.2 Å². The van der Waals surface area contributed by atoms with E-state index in [1.54, 1.807) is 19.4 Å². The lowest BCUT2D eigenvalue weighted by atomic mass is 10.3. The highest BCUT2D eigenvalue weighted by atomic mass is 16.2. The smallest absolute Gasteiger partial charge is 0.315 e. The summed E-state index contributed by atoms with van der Waals surface area (Å²) in [6.45, 7) is 5.75. The number of unbranched alkanes of at least 4 members (excludes halogenated alkanes) is 1. The molecule has 1 aromatic rings. The summed E-state index contributed by atoms with van der Waals surface area (Å²) in [7, 11) is 1.58. The summed E-state index contributed by atoms with van der Waals surface area (Å²) < 4.78 is 2.79. The Morgan fingerprint density at radius 1 is 1.18 bits per heavy atom. The van der Waals surface area contributed by atoms with E-state index in [4.69, 9.17) is 0 Å². The third-order valence-electron chi connectivity index (χ3n) is 2.61. The summed E-state index contributed by atoms with van der Waals surface area (Å²) in [5.41, 5.74) is -0.903. The van der Waals surface area contributed by atoms with Crippen molar-refractivity contribution in [2.75, 3.05) is 6.54 Å². The van der Waals surface area contributed by atoms with Crippen LogP contribution in [0.1, 0.15) is 26.7 Å². The quantitative estimate of drug-likeness (QED) is 0.575. The first kappa shape index (κ1) is 13.7. The molecule has 17 heavy (non-hydrogen) atoms. The minimum Gasteiger partial charge on any atom is -0.315 e. The second-order valence-electron chi connectivity index (χ2n) is 4.53. The van der Waals surface area contributed by atoms with Crippen LogP contribution in [0.3, 0.4) is 0 Å². The maximum Gasteiger partial charge on any atom is 0.316 e. The van der Waals surface area contributed by atoms with Crippen LogP contribution < -0.4 is 16.4 Å². The first-order valence-corrected chi connectivity index (χ1v) is 6.02. The molecular formula is C12H21N3O2. The predicted octanol–water partition coefficient (Wildman–Crippen LogP) is 0.325. The van der Waals surface area contributed by atoms with Gasteiger partial charge in [-0.15, -0.1) is 0 Å². The van der Waals surface area contributed by atoms with Crippen LogP contribution in [0.15, 0.2) is 22.0 Å². The minimum atomic E-state index is -0.465. The third-order valence-corrected chi connectivity index (χ3v) is 2.61. The standard InChI is InChI=1S/C12H21N3O2/c1-10(2)13-6-4-5-7-15-9-8-14(3)11(16)12(15)17/h8-10,13H,4-7H2,1-3H3. The Labute approximate surface area is 101 Å². The van der Waals surface area contributed by atoms with Crippen molar-refractivity contribution in [3.8, 4) is 0 Å². The first-order chi connectivity index (χ1) is 8.02. The van der Waals surface area contributed by atoms with Crippen LogP contribution in [0.5, 0.6) is 0 Å². The summed E-state index contributed by atoms with van der Waals surface area (Å²) >= 11 is 0. The van der Waals surface area contributed by atoms with Gasteiger partial charge < -0.3 is 14.5 Å². The van der Waals surface area contributed by atoms with Crippen molar-refractivity contribution in [2.24, 2.45) is 7.05 Å². The molecule has 0 aliphatic carbocycles. The lowest BCUT2D eigenvalue weighted by molar-refractivity contribution is 0.522. The maximum atomic E-state index is 11.6. The van der Waals surface area contributed by atoms with Crippen LogP contribution in [0.2, 0.25) is 0 Å². The van der Waals surface area contributed by atoms with E-state index >= 15 is 0 Å². The van der Waals surface area contributed by atoms with Crippen molar-refractivity contribution in [3.05, 3.63) is 33.1 Å². The van der Waals surface area contributed by atoms with Gasteiger partial charge in [0.1, 0.15) is 0 Å². The van der Waals surface area contributed by atoms with E-state index in [9.17, 15) is 9.59 Å². The Hall–Kier alpha value is -1.36. The van der Waals surface area contributed by atoms with Gasteiger partial charge in [-0.1, -0.05) is 13.8 Å². The van der Waals surface area contributed by atoms with Gasteiger partial charge in [0.05, 0.1) is 0 Å². The SMILES string of the molecule is CC(C)NCCCCn1ccn(C)c(=O)c1=O. The van der Waals surface area contributed by atoms with Crippen LogP contribution in [-0.2, 0) is 13.6 Å². The van der Waals surface area contributed by atoms with Crippen molar-refractivity contribution in [3.63, 3.8) is 0 Å². The molecule has 0 saturated heterocycles. The van der Waals surface area contributed by atoms with Crippen LogP contribution >= 0.6 is 0 Å². The summed E-state index contributed by atoms with van der Waals surface area (Å²) in [5.74, 6) is 0. The fraction of sp³-hybridized carbons (Fsp3) is 0.667. The number of hydrogen-bond donors (Lipinski definition) is 1. The van der Waals surface area contributed by atoms with E-state index in [0.717, 1.165) is 19.4 Å². The number of nitrogens with one attached hydrogen (secondary N) is 1. The largest absolute Gasteiger partial charge is 0.316 e. The monoisotopic (exact) mass is 239 g/mol. The van der Waals surface area contributed by atoms with Gasteiger partial charge in [0.2, 0.25) is 0 Å². The van der Waals surface area contributed by atoms with E-state index in [-0.39, 0.29) is 0 Å². The molecule has 0 saturated carbocycles. The van der Waals surface area contributed by atoms with Crippen LogP contribution in [0, 0.1) is 0 Å². The minimum absolute atomic E-state index is 0.438. The zero-order chi connectivity index (χ0) is 12.8. The number of aryl methyl sites for hydroxylation is 2. The molecule has 0 aliphatic rings. The normalized spacial score (nSPS) is 11.1. The second-order valence-corrected chi connectivity index (χ2v) is 4.53. The zero-order valence-corrected chi connectivity index (χ0v) is 10.8. The molecule has 0 bridgehead atoms. The molecule has 0 atom stereocenters. The van der Waals surface area contributed by atoms with Crippen molar-refractivity contribution in [1.29, 1.82) is 0 Å². The summed E-state index contributed by atoms with van der Waals surface area (Å²) in [6.07, 6.45) is 5.18. The zero-order valence-electron chi connectivity index (χ0n) is 10.8. The topological polar surface area (TPSA) is 56.0 Å². The predicted molar refractivity (Wildman–Crippen MR) is 68.3 cm³/mol. The molecule has 1 N–H and O–H groups in total. The van der Waals surface area contributed by atoms with Crippen LogP contribution in [0.4, 0.5) is 0 Å². The second kappa shape index (κ2) is 6.39. The molecule has 0 aliphatic heterocycles. The van der Waals surface area contributed by atoms with Gasteiger partial charge in [-0.05, 0) is 19.4 Å². The van der Waals surface area contributed by atoms with E-state index in [0.29, 0.717) is 12.6 Å². The van der Waals surface area contributed by atoms with Crippen molar-refractivity contribution < 1.29 is 0 Å². The summed E-state index contributed by atoms with van der Waals surface area (Å²) in [5, 5.41) is 3.31. The van der Waals surface area contributed by atoms with Gasteiger partial charge in [0.25, 0.3) is 0 Å². The first-order valence-electron chi connectivity index (χ1n) is 6.02. The lowest BCUT2D eigenvalue weighted by Gasteiger charge is -2.08. The summed E-state index contributed by atoms with van der Waals surface area (Å²) in [6, 6.07) is 0.488. The molecule has 96 valence electrons. The Kier molecular flexibility index (Phi) is 5.15. The van der Waals surface area contributed by atoms with Crippen molar-refractivity contribution in [2.45, 2.75) is 39.3 Å². The molecule has 0 amide bonds. The highest BCUT2D eigenvalue weighted by Gasteiger charge is 2.01. The Morgan fingerprint density at radius 2 is 1.88 bits per heavy atom. The average molecular weight is 239 g/mol. The van der Waals surface area contributed by atoms with Gasteiger partial charge in [-0.25, -0.2) is 0 Å². The molecule has 0 fully saturated rings. The number of hydrogen-bond acceptors (Lipinski definition) is 3.